The summed E-state index contributed by atoms with van der Waals surface area (Å²) in [5.41, 5.74) is 0. The molecule has 58 valence electrons. The van der Waals surface area contributed by atoms with E-state index >= 15 is 0 Å². The molecule has 0 saturated heterocycles. The van der Waals surface area contributed by atoms with E-state index in [2.05, 4.69) is 0 Å². The average molecular weight is 162 g/mol. The zero-order chi connectivity index (χ0) is 8.20. The van der Waals surface area contributed by atoms with Crippen LogP contribution >= 0.6 is 0 Å². The van der Waals surface area contributed by atoms with Crippen molar-refractivity contribution in [3.63, 3.8) is 0 Å². The molecule has 0 unspecified atom stereocenters. The maximum Gasteiger partial charge on any atom is 0.294 e. The Bertz CT molecular complexity index is 246. The molecule has 0 rings (SSSR count). The Balaban J connectivity index is 4.75. The summed E-state index contributed by atoms with van der Waals surface area (Å²) in [5, 5.41) is 0. The monoisotopic (exact) mass is 162 g/mol. The van der Waals surface area contributed by atoms with Crippen LogP contribution in [-0.4, -0.2) is 13.0 Å². The molecule has 0 heterocycles. The number of allylic oxidation sites excluding steroid dienone is 3. The Morgan fingerprint density at radius 2 is 1.90 bits per heavy atom. The van der Waals surface area contributed by atoms with Crippen molar-refractivity contribution in [1.29, 1.82) is 0 Å². The molecule has 1 N–H and O–H groups in total. The summed E-state index contributed by atoms with van der Waals surface area (Å²) in [6.07, 6.45) is 4.20. The maximum absolute atomic E-state index is 10.4. The van der Waals surface area contributed by atoms with Gasteiger partial charge in [0, 0.05) is 0 Å². The normalized spacial score (nSPS) is 14.5. The zero-order valence-corrected chi connectivity index (χ0v) is 6.72. The van der Waals surface area contributed by atoms with Gasteiger partial charge in [-0.3, -0.25) is 4.55 Å². The third-order valence-electron chi connectivity index (χ3n) is 0.913. The Morgan fingerprint density at radius 3 is 2.00 bits per heavy atom. The number of hydrogen-bond acceptors (Lipinski definition) is 2. The number of hydrogen-bond donors (Lipinski definition) is 1. The van der Waals surface area contributed by atoms with Crippen LogP contribution in [0.5, 0.6) is 0 Å². The van der Waals surface area contributed by atoms with Gasteiger partial charge in [-0.2, -0.15) is 8.42 Å². The Kier molecular flexibility index (Phi) is 3.32. The summed E-state index contributed by atoms with van der Waals surface area (Å²) >= 11 is 0. The molecule has 0 saturated carbocycles. The van der Waals surface area contributed by atoms with Crippen LogP contribution in [0.4, 0.5) is 0 Å². The molecule has 0 aromatic carbocycles. The maximum atomic E-state index is 10.4. The lowest BCUT2D eigenvalue weighted by Crippen LogP contribution is -1.98. The largest absolute Gasteiger partial charge is 0.294 e. The van der Waals surface area contributed by atoms with Gasteiger partial charge in [0.1, 0.15) is 0 Å². The third kappa shape index (κ3) is 2.80. The van der Waals surface area contributed by atoms with E-state index < -0.39 is 10.1 Å². The summed E-state index contributed by atoms with van der Waals surface area (Å²) in [7, 11) is -4.00. The first-order valence-electron chi connectivity index (χ1n) is 2.79. The minimum atomic E-state index is -4.00. The molecule has 0 aliphatic heterocycles. The van der Waals surface area contributed by atoms with E-state index in [0.29, 0.717) is 0 Å². The molecule has 0 radical (unpaired) electrons. The molecule has 0 bridgehead atoms. The van der Waals surface area contributed by atoms with Crippen LogP contribution in [0.1, 0.15) is 13.8 Å². The predicted molar refractivity (Wildman–Crippen MR) is 40.1 cm³/mol. The lowest BCUT2D eigenvalue weighted by atomic mass is 10.4. The fourth-order valence-corrected chi connectivity index (χ4v) is 1.10. The standard InChI is InChI=1S/C6H10O3S/c1-3-5-6(4-2)10(7,8)9/h3-5H,1-2H3,(H,7,8,9)/b5-3-,6-4-. The Labute approximate surface area is 60.8 Å². The van der Waals surface area contributed by atoms with E-state index in [0.717, 1.165) is 0 Å². The van der Waals surface area contributed by atoms with Crippen LogP contribution in [0.15, 0.2) is 23.1 Å². The van der Waals surface area contributed by atoms with Gasteiger partial charge >= 0.3 is 0 Å². The molecule has 4 heteroatoms. The Morgan fingerprint density at radius 1 is 1.40 bits per heavy atom. The molecule has 3 nitrogen and oxygen atoms in total. The van der Waals surface area contributed by atoms with Crippen LogP contribution in [0.3, 0.4) is 0 Å². The molecule has 0 aromatic heterocycles. The summed E-state index contributed by atoms with van der Waals surface area (Å²) in [5.74, 6) is 0. The third-order valence-corrected chi connectivity index (χ3v) is 1.88. The average Bonchev–Trinajstić information content (AvgIpc) is 1.80. The predicted octanol–water partition coefficient (Wildman–Crippen LogP) is 1.35. The molecular weight excluding hydrogens is 152 g/mol. The van der Waals surface area contributed by atoms with Crippen molar-refractivity contribution >= 4 is 10.1 Å². The molecular formula is C6H10O3S. The van der Waals surface area contributed by atoms with Gasteiger partial charge in [-0.1, -0.05) is 12.2 Å². The molecule has 0 spiro atoms. The van der Waals surface area contributed by atoms with E-state index in [1.807, 2.05) is 0 Å². The molecule has 0 fully saturated rings. The van der Waals surface area contributed by atoms with Crippen LogP contribution in [0.2, 0.25) is 0 Å². The van der Waals surface area contributed by atoms with Gasteiger partial charge in [0.15, 0.2) is 0 Å². The van der Waals surface area contributed by atoms with Crippen molar-refractivity contribution in [3.05, 3.63) is 23.1 Å². The number of rotatable bonds is 2. The first-order valence-corrected chi connectivity index (χ1v) is 4.23. The molecule has 0 atom stereocenters. The lowest BCUT2D eigenvalue weighted by Gasteiger charge is -1.92. The van der Waals surface area contributed by atoms with Gasteiger partial charge < -0.3 is 0 Å². The van der Waals surface area contributed by atoms with Crippen molar-refractivity contribution in [2.45, 2.75) is 13.8 Å². The molecule has 10 heavy (non-hydrogen) atoms. The topological polar surface area (TPSA) is 54.4 Å². The van der Waals surface area contributed by atoms with Gasteiger partial charge in [0.05, 0.1) is 4.91 Å². The fraction of sp³-hybridized carbons (Fsp3) is 0.333. The second kappa shape index (κ2) is 3.53. The molecule has 0 aliphatic carbocycles. The van der Waals surface area contributed by atoms with E-state index in [9.17, 15) is 8.42 Å². The lowest BCUT2D eigenvalue weighted by molar-refractivity contribution is 0.492. The molecule has 0 aliphatic rings. The van der Waals surface area contributed by atoms with Crippen LogP contribution in [0, 0.1) is 0 Å². The second-order valence-electron chi connectivity index (χ2n) is 1.67. The van der Waals surface area contributed by atoms with Gasteiger partial charge in [-0.15, -0.1) is 0 Å². The van der Waals surface area contributed by atoms with Crippen LogP contribution < -0.4 is 0 Å². The van der Waals surface area contributed by atoms with E-state index in [1.165, 1.54) is 12.2 Å². The minimum Gasteiger partial charge on any atom is -0.282 e. The summed E-state index contributed by atoms with van der Waals surface area (Å²) in [6, 6.07) is 0. The summed E-state index contributed by atoms with van der Waals surface area (Å²) in [4.78, 5) is -0.0741. The van der Waals surface area contributed by atoms with Gasteiger partial charge in [-0.05, 0) is 19.9 Å². The highest BCUT2D eigenvalue weighted by atomic mass is 32.2. The highest BCUT2D eigenvalue weighted by Gasteiger charge is 2.06. The summed E-state index contributed by atoms with van der Waals surface area (Å²) < 4.78 is 29.2. The smallest absolute Gasteiger partial charge is 0.282 e. The first kappa shape index (κ1) is 9.39. The van der Waals surface area contributed by atoms with Crippen molar-refractivity contribution in [3.8, 4) is 0 Å². The van der Waals surface area contributed by atoms with Crippen LogP contribution in [-0.2, 0) is 10.1 Å². The van der Waals surface area contributed by atoms with Gasteiger partial charge in [0.25, 0.3) is 10.1 Å². The van der Waals surface area contributed by atoms with Gasteiger partial charge in [0.2, 0.25) is 0 Å². The minimum absolute atomic E-state index is 0.0741. The first-order chi connectivity index (χ1) is 4.52. The van der Waals surface area contributed by atoms with Crippen molar-refractivity contribution < 1.29 is 13.0 Å². The van der Waals surface area contributed by atoms with Crippen molar-refractivity contribution in [2.24, 2.45) is 0 Å². The van der Waals surface area contributed by atoms with E-state index in [-0.39, 0.29) is 4.91 Å². The van der Waals surface area contributed by atoms with Gasteiger partial charge in [-0.25, -0.2) is 0 Å². The Hall–Kier alpha value is -0.610. The van der Waals surface area contributed by atoms with E-state index in [1.54, 1.807) is 19.9 Å². The van der Waals surface area contributed by atoms with Crippen molar-refractivity contribution in [2.75, 3.05) is 0 Å². The highest BCUT2D eigenvalue weighted by molar-refractivity contribution is 7.90. The van der Waals surface area contributed by atoms with Crippen LogP contribution in [0.25, 0.3) is 0 Å². The molecule has 0 aromatic rings. The zero-order valence-electron chi connectivity index (χ0n) is 5.90. The fourth-order valence-electron chi connectivity index (χ4n) is 0.495. The quantitative estimate of drug-likeness (QED) is 0.492. The summed E-state index contributed by atoms with van der Waals surface area (Å²) in [6.45, 7) is 3.22. The van der Waals surface area contributed by atoms with E-state index in [4.69, 9.17) is 4.55 Å². The SMILES string of the molecule is C/C=C\C(=C\C)S(=O)(=O)O. The van der Waals surface area contributed by atoms with Crippen molar-refractivity contribution in [1.82, 2.24) is 0 Å². The molecule has 0 amide bonds. The second-order valence-corrected chi connectivity index (χ2v) is 3.09. The highest BCUT2D eigenvalue weighted by Crippen LogP contribution is 2.04.